The number of para-hydroxylation sites is 1. The Bertz CT molecular complexity index is 890. The molecule has 3 aromatic rings. The molecule has 0 aliphatic carbocycles. The third-order valence-electron chi connectivity index (χ3n) is 4.59. The van der Waals surface area contributed by atoms with E-state index in [1.54, 1.807) is 11.3 Å². The molecule has 0 saturated heterocycles. The highest BCUT2D eigenvalue weighted by Gasteiger charge is 2.23. The highest BCUT2D eigenvalue weighted by Crippen LogP contribution is 2.30. The van der Waals surface area contributed by atoms with Crippen molar-refractivity contribution in [1.29, 1.82) is 0 Å². The van der Waals surface area contributed by atoms with E-state index in [9.17, 15) is 4.79 Å². The van der Waals surface area contributed by atoms with Crippen LogP contribution in [0, 0.1) is 0 Å². The first kappa shape index (κ1) is 19.5. The van der Waals surface area contributed by atoms with Gasteiger partial charge in [0.25, 0.3) is 5.91 Å². The Morgan fingerprint density at radius 3 is 2.33 bits per heavy atom. The lowest BCUT2D eigenvalue weighted by atomic mass is 9.86. The molecule has 27 heavy (non-hydrogen) atoms. The van der Waals surface area contributed by atoms with Gasteiger partial charge in [-0.15, -0.1) is 0 Å². The standard InChI is InChI=1S/C22H27N3OS/c1-22(2,3)17-12-10-16(11-13-17)20(26)25(15-14-24(4)5)21-23-18-8-6-7-9-19(18)27-21/h6-13H,14-15H2,1-5H3/p+1. The van der Waals surface area contributed by atoms with Crippen molar-refractivity contribution in [1.82, 2.24) is 4.98 Å². The molecular weight excluding hydrogens is 354 g/mol. The third kappa shape index (κ3) is 4.54. The Hall–Kier alpha value is -2.24. The molecule has 0 radical (unpaired) electrons. The van der Waals surface area contributed by atoms with Crippen molar-refractivity contribution < 1.29 is 9.69 Å². The van der Waals surface area contributed by atoms with Crippen LogP contribution in [0.25, 0.3) is 10.2 Å². The number of carbonyl (C=O) groups is 1. The van der Waals surface area contributed by atoms with Crippen LogP contribution in [0.4, 0.5) is 5.13 Å². The summed E-state index contributed by atoms with van der Waals surface area (Å²) in [6.07, 6.45) is 0. The number of anilines is 1. The van der Waals surface area contributed by atoms with Gasteiger partial charge in [0.2, 0.25) is 0 Å². The second kappa shape index (κ2) is 7.79. The first-order valence-electron chi connectivity index (χ1n) is 9.33. The van der Waals surface area contributed by atoms with E-state index in [-0.39, 0.29) is 11.3 Å². The van der Waals surface area contributed by atoms with Crippen LogP contribution >= 0.6 is 11.3 Å². The molecule has 0 fully saturated rings. The van der Waals surface area contributed by atoms with E-state index in [2.05, 4.69) is 53.1 Å². The summed E-state index contributed by atoms with van der Waals surface area (Å²) < 4.78 is 1.10. The Morgan fingerprint density at radius 2 is 1.74 bits per heavy atom. The minimum atomic E-state index is 0.00997. The summed E-state index contributed by atoms with van der Waals surface area (Å²) in [5, 5.41) is 0.766. The van der Waals surface area contributed by atoms with Crippen molar-refractivity contribution >= 4 is 32.6 Å². The fraction of sp³-hybridized carbons (Fsp3) is 0.364. The Labute approximate surface area is 165 Å². The quantitative estimate of drug-likeness (QED) is 0.735. The summed E-state index contributed by atoms with van der Waals surface area (Å²) in [4.78, 5) is 21.1. The first-order valence-corrected chi connectivity index (χ1v) is 10.1. The van der Waals surface area contributed by atoms with Crippen LogP contribution in [0.15, 0.2) is 48.5 Å². The van der Waals surface area contributed by atoms with Crippen molar-refractivity contribution in [2.75, 3.05) is 32.1 Å². The van der Waals surface area contributed by atoms with E-state index in [0.717, 1.165) is 21.9 Å². The summed E-state index contributed by atoms with van der Waals surface area (Å²) >= 11 is 1.57. The number of amides is 1. The van der Waals surface area contributed by atoms with Gasteiger partial charge in [-0.25, -0.2) is 4.98 Å². The van der Waals surface area contributed by atoms with Gasteiger partial charge in [0.05, 0.1) is 37.4 Å². The predicted molar refractivity (Wildman–Crippen MR) is 114 cm³/mol. The van der Waals surface area contributed by atoms with Gasteiger partial charge < -0.3 is 4.90 Å². The first-order chi connectivity index (χ1) is 12.8. The van der Waals surface area contributed by atoms with Gasteiger partial charge >= 0.3 is 0 Å². The molecule has 0 aliphatic heterocycles. The fourth-order valence-corrected chi connectivity index (χ4v) is 3.85. The number of nitrogens with one attached hydrogen (secondary N) is 1. The maximum atomic E-state index is 13.3. The fourth-order valence-electron chi connectivity index (χ4n) is 2.86. The zero-order chi connectivity index (χ0) is 19.6. The van der Waals surface area contributed by atoms with E-state index >= 15 is 0 Å². The molecule has 0 spiro atoms. The average molecular weight is 383 g/mol. The second-order valence-corrected chi connectivity index (χ2v) is 9.21. The van der Waals surface area contributed by atoms with E-state index in [4.69, 9.17) is 4.98 Å². The molecule has 1 aromatic heterocycles. The number of nitrogens with zero attached hydrogens (tertiary/aromatic N) is 2. The van der Waals surface area contributed by atoms with Crippen LogP contribution in [0.1, 0.15) is 36.7 Å². The summed E-state index contributed by atoms with van der Waals surface area (Å²) in [6.45, 7) is 8.04. The number of carbonyl (C=O) groups excluding carboxylic acids is 1. The van der Waals surface area contributed by atoms with Gasteiger partial charge in [-0.05, 0) is 35.2 Å². The molecule has 0 aliphatic rings. The van der Waals surface area contributed by atoms with Crippen molar-refractivity contribution in [3.8, 4) is 0 Å². The van der Waals surface area contributed by atoms with Crippen LogP contribution in [-0.2, 0) is 5.41 Å². The smallest absolute Gasteiger partial charge is 0.260 e. The van der Waals surface area contributed by atoms with Crippen LogP contribution in [0.3, 0.4) is 0 Å². The number of benzene rings is 2. The van der Waals surface area contributed by atoms with Crippen LogP contribution < -0.4 is 9.80 Å². The van der Waals surface area contributed by atoms with E-state index < -0.39 is 0 Å². The number of likely N-dealkylation sites (N-methyl/N-ethyl adjacent to an activating group) is 1. The molecular formula is C22H28N3OS+. The lowest BCUT2D eigenvalue weighted by molar-refractivity contribution is -0.856. The minimum Gasteiger partial charge on any atom is -0.338 e. The molecule has 142 valence electrons. The highest BCUT2D eigenvalue weighted by atomic mass is 32.1. The molecule has 5 heteroatoms. The Balaban J connectivity index is 1.93. The second-order valence-electron chi connectivity index (χ2n) is 8.21. The Kier molecular flexibility index (Phi) is 5.63. The van der Waals surface area contributed by atoms with E-state index in [1.165, 1.54) is 10.5 Å². The maximum absolute atomic E-state index is 13.3. The SMILES string of the molecule is C[NH+](C)CCN(C(=O)c1ccc(C(C)(C)C)cc1)c1nc2ccccc2s1. The summed E-state index contributed by atoms with van der Waals surface area (Å²) in [5.74, 6) is 0.00997. The van der Waals surface area contributed by atoms with Crippen molar-refractivity contribution in [2.45, 2.75) is 26.2 Å². The van der Waals surface area contributed by atoms with E-state index in [0.29, 0.717) is 12.1 Å². The van der Waals surface area contributed by atoms with Crippen molar-refractivity contribution in [2.24, 2.45) is 0 Å². The maximum Gasteiger partial charge on any atom is 0.260 e. The van der Waals surface area contributed by atoms with Crippen LogP contribution in [-0.4, -0.2) is 38.1 Å². The zero-order valence-electron chi connectivity index (χ0n) is 16.7. The number of aromatic nitrogens is 1. The van der Waals surface area contributed by atoms with Gasteiger partial charge in [-0.1, -0.05) is 56.4 Å². The number of thiazole rings is 1. The van der Waals surface area contributed by atoms with Gasteiger partial charge in [0, 0.05) is 5.56 Å². The largest absolute Gasteiger partial charge is 0.338 e. The lowest BCUT2D eigenvalue weighted by Crippen LogP contribution is -3.06. The topological polar surface area (TPSA) is 37.6 Å². The lowest BCUT2D eigenvalue weighted by Gasteiger charge is -2.22. The molecule has 3 rings (SSSR count). The third-order valence-corrected chi connectivity index (χ3v) is 5.65. The summed E-state index contributed by atoms with van der Waals surface area (Å²) in [6, 6.07) is 16.0. The number of rotatable bonds is 5. The molecule has 4 nitrogen and oxygen atoms in total. The molecule has 0 atom stereocenters. The molecule has 1 heterocycles. The monoisotopic (exact) mass is 382 g/mol. The molecule has 0 unspecified atom stereocenters. The van der Waals surface area contributed by atoms with Crippen LogP contribution in [0.5, 0.6) is 0 Å². The number of quaternary nitrogens is 1. The molecule has 2 aromatic carbocycles. The van der Waals surface area contributed by atoms with E-state index in [1.807, 2.05) is 35.2 Å². The Morgan fingerprint density at radius 1 is 1.07 bits per heavy atom. The van der Waals surface area contributed by atoms with Crippen LogP contribution in [0.2, 0.25) is 0 Å². The summed E-state index contributed by atoms with van der Waals surface area (Å²) in [5.41, 5.74) is 2.94. The van der Waals surface area contributed by atoms with Crippen molar-refractivity contribution in [3.05, 3.63) is 59.7 Å². The highest BCUT2D eigenvalue weighted by molar-refractivity contribution is 7.22. The molecule has 1 N–H and O–H groups in total. The minimum absolute atomic E-state index is 0.00997. The number of hydrogen-bond acceptors (Lipinski definition) is 3. The predicted octanol–water partition coefficient (Wildman–Crippen LogP) is 3.39. The molecule has 0 saturated carbocycles. The van der Waals surface area contributed by atoms with Crippen molar-refractivity contribution in [3.63, 3.8) is 0 Å². The molecule has 0 bridgehead atoms. The zero-order valence-corrected chi connectivity index (χ0v) is 17.6. The average Bonchev–Trinajstić information content (AvgIpc) is 3.04. The number of hydrogen-bond donors (Lipinski definition) is 1. The van der Waals surface area contributed by atoms with Gasteiger partial charge in [-0.2, -0.15) is 0 Å². The number of fused-ring (bicyclic) bond motifs is 1. The van der Waals surface area contributed by atoms with Gasteiger partial charge in [0.15, 0.2) is 5.13 Å². The molecule has 1 amide bonds. The van der Waals surface area contributed by atoms with Gasteiger partial charge in [0.1, 0.15) is 0 Å². The normalized spacial score (nSPS) is 11.9. The summed E-state index contributed by atoms with van der Waals surface area (Å²) in [7, 11) is 4.19. The van der Waals surface area contributed by atoms with Gasteiger partial charge in [-0.3, -0.25) is 9.69 Å².